The topological polar surface area (TPSA) is 95.1 Å². The molecule has 0 spiro atoms. The van der Waals surface area contributed by atoms with Gasteiger partial charge >= 0.3 is 0 Å². The molecule has 0 saturated heterocycles. The van der Waals surface area contributed by atoms with Crippen molar-refractivity contribution in [3.8, 4) is 5.75 Å². The van der Waals surface area contributed by atoms with Gasteiger partial charge in [0.25, 0.3) is 0 Å². The summed E-state index contributed by atoms with van der Waals surface area (Å²) in [6.07, 6.45) is 6.34. The van der Waals surface area contributed by atoms with Crippen LogP contribution in [0.4, 0.5) is 0 Å². The van der Waals surface area contributed by atoms with Crippen LogP contribution in [0, 0.1) is 0 Å². The Morgan fingerprint density at radius 2 is 1.97 bits per heavy atom. The molecule has 1 aromatic heterocycles. The lowest BCUT2D eigenvalue weighted by Gasteiger charge is -2.22. The molecule has 0 radical (unpaired) electrons. The predicted octanol–water partition coefficient (Wildman–Crippen LogP) is 3.63. The van der Waals surface area contributed by atoms with E-state index in [2.05, 4.69) is 41.5 Å². The van der Waals surface area contributed by atoms with Gasteiger partial charge in [-0.3, -0.25) is 4.79 Å². The third-order valence-electron chi connectivity index (χ3n) is 5.18. The Balaban J connectivity index is 1.42. The van der Waals surface area contributed by atoms with Crippen LogP contribution in [0.25, 0.3) is 0 Å². The molecule has 8 heteroatoms. The van der Waals surface area contributed by atoms with E-state index in [9.17, 15) is 4.79 Å². The molecule has 1 fully saturated rings. The molecular weight excluding hydrogens is 386 g/mol. The van der Waals surface area contributed by atoms with Crippen LogP contribution < -0.4 is 15.9 Å². The van der Waals surface area contributed by atoms with Crippen LogP contribution >= 0.6 is 11.8 Å². The van der Waals surface area contributed by atoms with Crippen molar-refractivity contribution in [3.05, 3.63) is 35.7 Å². The van der Waals surface area contributed by atoms with Crippen molar-refractivity contribution in [2.75, 3.05) is 11.6 Å². The molecule has 7 nitrogen and oxygen atoms in total. The van der Waals surface area contributed by atoms with Gasteiger partial charge in [-0.15, -0.1) is 10.2 Å². The molecule has 1 amide bonds. The van der Waals surface area contributed by atoms with Crippen molar-refractivity contribution >= 4 is 17.7 Å². The second-order valence-electron chi connectivity index (χ2n) is 7.78. The van der Waals surface area contributed by atoms with Gasteiger partial charge in [-0.25, -0.2) is 4.68 Å². The second-order valence-corrected chi connectivity index (χ2v) is 8.84. The highest BCUT2D eigenvalue weighted by atomic mass is 32.2. The average molecular weight is 418 g/mol. The number of carbonyl (C=O) groups is 1. The third kappa shape index (κ3) is 6.39. The fourth-order valence-corrected chi connectivity index (χ4v) is 4.20. The van der Waals surface area contributed by atoms with Gasteiger partial charge in [0.05, 0.1) is 0 Å². The van der Waals surface area contributed by atoms with Crippen LogP contribution in [0.2, 0.25) is 0 Å². The van der Waals surface area contributed by atoms with E-state index in [-0.39, 0.29) is 12.5 Å². The number of hydrogen-bond donors (Lipinski definition) is 2. The fourth-order valence-electron chi connectivity index (χ4n) is 3.38. The molecule has 0 unspecified atom stereocenters. The maximum absolute atomic E-state index is 12.1. The van der Waals surface area contributed by atoms with Crippen LogP contribution in [0.3, 0.4) is 0 Å². The largest absolute Gasteiger partial charge is 0.486 e. The van der Waals surface area contributed by atoms with Gasteiger partial charge < -0.3 is 15.9 Å². The van der Waals surface area contributed by atoms with E-state index in [1.165, 1.54) is 41.3 Å². The minimum Gasteiger partial charge on any atom is -0.486 e. The van der Waals surface area contributed by atoms with Crippen molar-refractivity contribution < 1.29 is 9.53 Å². The van der Waals surface area contributed by atoms with E-state index in [4.69, 9.17) is 10.6 Å². The van der Waals surface area contributed by atoms with Gasteiger partial charge in [0, 0.05) is 18.2 Å². The van der Waals surface area contributed by atoms with E-state index in [1.54, 1.807) is 0 Å². The van der Waals surface area contributed by atoms with Crippen molar-refractivity contribution in [2.45, 2.75) is 76.1 Å². The van der Waals surface area contributed by atoms with Crippen LogP contribution in [-0.2, 0) is 11.4 Å². The number of amides is 1. The van der Waals surface area contributed by atoms with Crippen molar-refractivity contribution in [2.24, 2.45) is 0 Å². The van der Waals surface area contributed by atoms with Crippen molar-refractivity contribution in [3.63, 3.8) is 0 Å². The standard InChI is InChI=1S/C21H31N5O2S/c1-15(2)16-8-10-18(11-9-16)28-14-19-24-25-21(26(19)22)29-13-12-20(27)23-17-6-4-3-5-7-17/h8-11,15,17H,3-7,12-14,22H2,1-2H3,(H,23,27). The Morgan fingerprint density at radius 1 is 1.24 bits per heavy atom. The molecule has 2 aromatic rings. The molecule has 29 heavy (non-hydrogen) atoms. The highest BCUT2D eigenvalue weighted by molar-refractivity contribution is 7.99. The van der Waals surface area contributed by atoms with E-state index >= 15 is 0 Å². The minimum absolute atomic E-state index is 0.0980. The number of carbonyl (C=O) groups excluding carboxylic acids is 1. The van der Waals surface area contributed by atoms with Gasteiger partial charge in [0.2, 0.25) is 11.1 Å². The summed E-state index contributed by atoms with van der Waals surface area (Å²) in [5.74, 6) is 8.61. The molecule has 1 aliphatic carbocycles. The number of aromatic nitrogens is 3. The summed E-state index contributed by atoms with van der Waals surface area (Å²) < 4.78 is 7.21. The molecule has 0 aliphatic heterocycles. The Bertz CT molecular complexity index is 785. The third-order valence-corrected chi connectivity index (χ3v) is 6.13. The summed E-state index contributed by atoms with van der Waals surface area (Å²) in [6, 6.07) is 8.37. The monoisotopic (exact) mass is 417 g/mol. The highest BCUT2D eigenvalue weighted by Gasteiger charge is 2.16. The number of ether oxygens (including phenoxy) is 1. The molecule has 158 valence electrons. The van der Waals surface area contributed by atoms with Gasteiger partial charge in [0.15, 0.2) is 5.82 Å². The fraction of sp³-hybridized carbons (Fsp3) is 0.571. The molecule has 1 saturated carbocycles. The molecule has 3 N–H and O–H groups in total. The van der Waals surface area contributed by atoms with Crippen molar-refractivity contribution in [1.29, 1.82) is 0 Å². The molecule has 3 rings (SSSR count). The number of thioether (sulfide) groups is 1. The van der Waals surface area contributed by atoms with Gasteiger partial charge in [-0.1, -0.05) is 57.0 Å². The lowest BCUT2D eigenvalue weighted by atomic mass is 9.95. The summed E-state index contributed by atoms with van der Waals surface area (Å²) in [5.41, 5.74) is 1.27. The Kier molecular flexibility index (Phi) is 7.80. The Hall–Kier alpha value is -2.22. The first-order chi connectivity index (χ1) is 14.0. The average Bonchev–Trinajstić information content (AvgIpc) is 3.07. The van der Waals surface area contributed by atoms with Gasteiger partial charge in [-0.05, 0) is 36.5 Å². The van der Waals surface area contributed by atoms with Gasteiger partial charge in [-0.2, -0.15) is 0 Å². The zero-order valence-electron chi connectivity index (χ0n) is 17.3. The number of nitrogen functional groups attached to an aromatic ring is 1. The highest BCUT2D eigenvalue weighted by Crippen LogP contribution is 2.21. The zero-order valence-corrected chi connectivity index (χ0v) is 18.1. The number of benzene rings is 1. The first-order valence-electron chi connectivity index (χ1n) is 10.4. The smallest absolute Gasteiger partial charge is 0.221 e. The molecule has 1 heterocycles. The first-order valence-corrected chi connectivity index (χ1v) is 11.4. The maximum atomic E-state index is 12.1. The summed E-state index contributed by atoms with van der Waals surface area (Å²) in [4.78, 5) is 12.1. The minimum atomic E-state index is 0.0980. The number of hydrogen-bond acceptors (Lipinski definition) is 6. The van der Waals surface area contributed by atoms with Crippen LogP contribution in [0.5, 0.6) is 5.75 Å². The molecule has 0 bridgehead atoms. The van der Waals surface area contributed by atoms with Crippen LogP contribution in [0.1, 0.15) is 69.7 Å². The summed E-state index contributed by atoms with van der Waals surface area (Å²) in [7, 11) is 0. The van der Waals surface area contributed by atoms with Crippen LogP contribution in [-0.4, -0.2) is 32.6 Å². The molecule has 1 aliphatic rings. The van der Waals surface area contributed by atoms with E-state index in [0.717, 1.165) is 18.6 Å². The summed E-state index contributed by atoms with van der Waals surface area (Å²) >= 11 is 1.43. The number of nitrogens with zero attached hydrogens (tertiary/aromatic N) is 3. The second kappa shape index (κ2) is 10.5. The Morgan fingerprint density at radius 3 is 2.66 bits per heavy atom. The molecule has 0 atom stereocenters. The van der Waals surface area contributed by atoms with Crippen LogP contribution in [0.15, 0.2) is 29.4 Å². The molecule has 1 aromatic carbocycles. The van der Waals surface area contributed by atoms with Gasteiger partial charge in [0.1, 0.15) is 12.4 Å². The van der Waals surface area contributed by atoms with E-state index in [1.807, 2.05) is 12.1 Å². The molecular formula is C21H31N5O2S. The number of nitrogens with two attached hydrogens (primary N) is 1. The zero-order chi connectivity index (χ0) is 20.6. The SMILES string of the molecule is CC(C)c1ccc(OCc2nnc(SCCC(=O)NC3CCCCC3)n2N)cc1. The quantitative estimate of drug-likeness (QED) is 0.478. The summed E-state index contributed by atoms with van der Waals surface area (Å²) in [5, 5.41) is 11.9. The summed E-state index contributed by atoms with van der Waals surface area (Å²) in [6.45, 7) is 4.56. The lowest BCUT2D eigenvalue weighted by molar-refractivity contribution is -0.121. The number of nitrogens with one attached hydrogen (secondary N) is 1. The predicted molar refractivity (Wildman–Crippen MR) is 115 cm³/mol. The van der Waals surface area contributed by atoms with E-state index < -0.39 is 0 Å². The maximum Gasteiger partial charge on any atom is 0.221 e. The van der Waals surface area contributed by atoms with Crippen molar-refractivity contribution in [1.82, 2.24) is 20.2 Å². The first kappa shape index (κ1) is 21.5. The van der Waals surface area contributed by atoms with E-state index in [0.29, 0.717) is 35.1 Å². The number of rotatable bonds is 9. The lowest BCUT2D eigenvalue weighted by Crippen LogP contribution is -2.36. The normalized spacial score (nSPS) is 14.9. The Labute approximate surface area is 176 Å².